The number of benzene rings is 2. The van der Waals surface area contributed by atoms with Crippen LogP contribution in [0.2, 0.25) is 5.02 Å². The first kappa shape index (κ1) is 22.7. The smallest absolute Gasteiger partial charge is 0.253 e. The van der Waals surface area contributed by atoms with E-state index >= 15 is 0 Å². The first-order chi connectivity index (χ1) is 15.0. The number of aliphatic imine (C=N–C) groups is 1. The maximum absolute atomic E-state index is 12.2. The van der Waals surface area contributed by atoms with Crippen LogP contribution in [-0.4, -0.2) is 55.5 Å². The molecule has 1 aromatic heterocycles. The minimum Gasteiger partial charge on any atom is -0.361 e. The number of carbonyl (C=O) groups excluding carboxylic acids is 1. The Morgan fingerprint density at radius 1 is 1.13 bits per heavy atom. The lowest BCUT2D eigenvalue weighted by Gasteiger charge is -2.13. The second-order valence-electron chi connectivity index (χ2n) is 7.59. The summed E-state index contributed by atoms with van der Waals surface area (Å²) in [6.07, 6.45) is 3.66. The molecule has 0 bridgehead atoms. The molecule has 6 nitrogen and oxygen atoms in total. The molecule has 2 aromatic carbocycles. The summed E-state index contributed by atoms with van der Waals surface area (Å²) in [4.78, 5) is 21.7. The van der Waals surface area contributed by atoms with Crippen LogP contribution in [0.15, 0.2) is 53.7 Å². The highest BCUT2D eigenvalue weighted by Gasteiger charge is 2.08. The lowest BCUT2D eigenvalue weighted by molar-refractivity contribution is 0.0827. The van der Waals surface area contributed by atoms with Gasteiger partial charge in [-0.15, -0.1) is 0 Å². The van der Waals surface area contributed by atoms with Crippen molar-refractivity contribution in [3.05, 3.63) is 70.4 Å². The number of nitrogens with one attached hydrogen (secondary N) is 3. The van der Waals surface area contributed by atoms with E-state index in [9.17, 15) is 4.79 Å². The van der Waals surface area contributed by atoms with Crippen molar-refractivity contribution < 1.29 is 4.79 Å². The summed E-state index contributed by atoms with van der Waals surface area (Å²) in [5.41, 5.74) is 4.12. The van der Waals surface area contributed by atoms with Crippen molar-refractivity contribution in [1.29, 1.82) is 0 Å². The Labute approximate surface area is 188 Å². The number of rotatable bonds is 8. The lowest BCUT2D eigenvalue weighted by atomic mass is 10.1. The normalized spacial score (nSPS) is 11.5. The van der Waals surface area contributed by atoms with Gasteiger partial charge in [-0.25, -0.2) is 0 Å². The second kappa shape index (κ2) is 10.9. The van der Waals surface area contributed by atoms with Gasteiger partial charge < -0.3 is 20.5 Å². The van der Waals surface area contributed by atoms with Gasteiger partial charge in [0, 0.05) is 61.4 Å². The number of amides is 1. The highest BCUT2D eigenvalue weighted by atomic mass is 35.5. The van der Waals surface area contributed by atoms with Gasteiger partial charge in [-0.3, -0.25) is 9.79 Å². The van der Waals surface area contributed by atoms with Gasteiger partial charge in [-0.05, 0) is 61.2 Å². The second-order valence-corrected chi connectivity index (χ2v) is 8.03. The quantitative estimate of drug-likeness (QED) is 0.368. The Balaban J connectivity index is 1.56. The van der Waals surface area contributed by atoms with E-state index in [2.05, 4.69) is 22.5 Å². The molecule has 31 heavy (non-hydrogen) atoms. The number of nitrogens with zero attached hydrogens (tertiary/aromatic N) is 2. The van der Waals surface area contributed by atoms with Gasteiger partial charge in [0.15, 0.2) is 5.96 Å². The van der Waals surface area contributed by atoms with Crippen LogP contribution in [0, 0.1) is 0 Å². The van der Waals surface area contributed by atoms with Crippen LogP contribution in [0.5, 0.6) is 0 Å². The summed E-state index contributed by atoms with van der Waals surface area (Å²) in [7, 11) is 3.53. The van der Waals surface area contributed by atoms with Crippen LogP contribution in [-0.2, 0) is 12.8 Å². The molecule has 3 N–H and O–H groups in total. The van der Waals surface area contributed by atoms with Crippen molar-refractivity contribution in [2.24, 2.45) is 4.99 Å². The number of carbonyl (C=O) groups is 1. The minimum atomic E-state index is 0.0169. The van der Waals surface area contributed by atoms with E-state index in [4.69, 9.17) is 16.6 Å². The fourth-order valence-corrected chi connectivity index (χ4v) is 3.60. The van der Waals surface area contributed by atoms with Crippen molar-refractivity contribution in [1.82, 2.24) is 20.5 Å². The predicted octanol–water partition coefficient (Wildman–Crippen LogP) is 3.86. The number of hydrogen-bond acceptors (Lipinski definition) is 2. The van der Waals surface area contributed by atoms with Gasteiger partial charge in [-0.2, -0.15) is 0 Å². The fourth-order valence-electron chi connectivity index (χ4n) is 3.43. The molecular formula is C24H30ClN5O. The standard InChI is InChI=1S/C24H30ClN5O/c1-4-26-24(27-12-10-17-6-5-7-18(14-17)23(31)30(2)3)28-13-11-19-16-29-22-9-8-20(25)15-21(19)22/h5-9,14-16,29H,4,10-13H2,1-3H3,(H2,26,27,28). The Morgan fingerprint density at radius 2 is 1.97 bits per heavy atom. The van der Waals surface area contributed by atoms with Gasteiger partial charge >= 0.3 is 0 Å². The molecule has 0 fully saturated rings. The predicted molar refractivity (Wildman–Crippen MR) is 129 cm³/mol. The van der Waals surface area contributed by atoms with Crippen molar-refractivity contribution in [2.45, 2.75) is 19.8 Å². The Morgan fingerprint density at radius 3 is 2.74 bits per heavy atom. The third kappa shape index (κ3) is 6.25. The van der Waals surface area contributed by atoms with Gasteiger partial charge in [0.25, 0.3) is 5.91 Å². The summed E-state index contributed by atoms with van der Waals surface area (Å²) in [5, 5.41) is 8.56. The highest BCUT2D eigenvalue weighted by molar-refractivity contribution is 6.31. The number of aromatic nitrogens is 1. The van der Waals surface area contributed by atoms with Crippen LogP contribution in [0.4, 0.5) is 0 Å². The van der Waals surface area contributed by atoms with Crippen LogP contribution >= 0.6 is 11.6 Å². The zero-order valence-electron chi connectivity index (χ0n) is 18.3. The summed E-state index contributed by atoms with van der Waals surface area (Å²) >= 11 is 6.14. The maximum Gasteiger partial charge on any atom is 0.253 e. The molecule has 0 aliphatic heterocycles. The molecule has 0 aliphatic rings. The largest absolute Gasteiger partial charge is 0.361 e. The maximum atomic E-state index is 12.2. The molecule has 0 saturated heterocycles. The molecule has 0 aliphatic carbocycles. The molecule has 0 saturated carbocycles. The van der Waals surface area contributed by atoms with E-state index in [1.807, 2.05) is 48.7 Å². The van der Waals surface area contributed by atoms with Crippen molar-refractivity contribution in [3.8, 4) is 0 Å². The number of guanidine groups is 1. The first-order valence-electron chi connectivity index (χ1n) is 10.6. The van der Waals surface area contributed by atoms with Crippen molar-refractivity contribution in [2.75, 3.05) is 33.7 Å². The van der Waals surface area contributed by atoms with E-state index in [-0.39, 0.29) is 5.91 Å². The number of fused-ring (bicyclic) bond motifs is 1. The number of hydrogen-bond donors (Lipinski definition) is 3. The summed E-state index contributed by atoms with van der Waals surface area (Å²) in [5.74, 6) is 0.809. The van der Waals surface area contributed by atoms with Crippen LogP contribution in [0.1, 0.15) is 28.4 Å². The lowest BCUT2D eigenvalue weighted by Crippen LogP contribution is -2.38. The average molecular weight is 440 g/mol. The molecule has 3 rings (SSSR count). The Bertz CT molecular complexity index is 1060. The minimum absolute atomic E-state index is 0.0169. The zero-order chi connectivity index (χ0) is 22.2. The van der Waals surface area contributed by atoms with Crippen LogP contribution < -0.4 is 10.6 Å². The third-order valence-corrected chi connectivity index (χ3v) is 5.25. The van der Waals surface area contributed by atoms with Gasteiger partial charge in [0.2, 0.25) is 0 Å². The molecule has 0 unspecified atom stereocenters. The summed E-state index contributed by atoms with van der Waals surface area (Å²) in [6.45, 7) is 4.24. The molecule has 3 aromatic rings. The van der Waals surface area contributed by atoms with Crippen LogP contribution in [0.3, 0.4) is 0 Å². The van der Waals surface area contributed by atoms with Crippen molar-refractivity contribution in [3.63, 3.8) is 0 Å². The summed E-state index contributed by atoms with van der Waals surface area (Å²) in [6, 6.07) is 13.7. The third-order valence-electron chi connectivity index (χ3n) is 5.01. The summed E-state index contributed by atoms with van der Waals surface area (Å²) < 4.78 is 0. The number of H-pyrrole nitrogens is 1. The SMILES string of the molecule is CCNC(=NCCc1c[nH]c2ccc(Cl)cc12)NCCc1cccc(C(=O)N(C)C)c1. The number of aromatic amines is 1. The highest BCUT2D eigenvalue weighted by Crippen LogP contribution is 2.22. The number of halogens is 1. The molecular weight excluding hydrogens is 410 g/mol. The van der Waals surface area contributed by atoms with E-state index in [0.717, 1.165) is 53.4 Å². The van der Waals surface area contributed by atoms with E-state index in [0.29, 0.717) is 12.1 Å². The molecule has 0 atom stereocenters. The van der Waals surface area contributed by atoms with Crippen LogP contribution in [0.25, 0.3) is 10.9 Å². The molecule has 164 valence electrons. The average Bonchev–Trinajstić information content (AvgIpc) is 3.15. The van der Waals surface area contributed by atoms with Gasteiger partial charge in [0.1, 0.15) is 0 Å². The topological polar surface area (TPSA) is 72.5 Å². The van der Waals surface area contributed by atoms with Crippen molar-refractivity contribution >= 4 is 34.4 Å². The van der Waals surface area contributed by atoms with E-state index in [1.165, 1.54) is 5.56 Å². The zero-order valence-corrected chi connectivity index (χ0v) is 19.1. The monoisotopic (exact) mass is 439 g/mol. The first-order valence-corrected chi connectivity index (χ1v) is 10.9. The van der Waals surface area contributed by atoms with Gasteiger partial charge in [0.05, 0.1) is 0 Å². The molecule has 1 amide bonds. The molecule has 0 radical (unpaired) electrons. The van der Waals surface area contributed by atoms with Gasteiger partial charge in [-0.1, -0.05) is 23.7 Å². The Kier molecular flexibility index (Phi) is 7.95. The Hall–Kier alpha value is -2.99. The molecule has 7 heteroatoms. The fraction of sp³-hybridized carbons (Fsp3) is 0.333. The molecule has 0 spiro atoms. The molecule has 1 heterocycles. The van der Waals surface area contributed by atoms with E-state index in [1.54, 1.807) is 19.0 Å². The van der Waals surface area contributed by atoms with E-state index < -0.39 is 0 Å².